The van der Waals surface area contributed by atoms with Crippen LogP contribution in [0.2, 0.25) is 0 Å². The van der Waals surface area contributed by atoms with Crippen LogP contribution in [0.4, 0.5) is 0 Å². The second-order valence-electron chi connectivity index (χ2n) is 5.17. The first-order valence-corrected chi connectivity index (χ1v) is 7.24. The van der Waals surface area contributed by atoms with Crippen LogP contribution in [0.1, 0.15) is 40.5 Å². The largest absolute Gasteiger partial charge is 0.496 e. The van der Waals surface area contributed by atoms with Crippen LogP contribution in [-0.4, -0.2) is 24.5 Å². The molecular weight excluding hydrogens is 294 g/mol. The van der Waals surface area contributed by atoms with Crippen molar-refractivity contribution in [3.05, 3.63) is 65.2 Å². The minimum atomic E-state index is -0.991. The molecule has 120 valence electrons. The van der Waals surface area contributed by atoms with Gasteiger partial charge in [0.25, 0.3) is 0 Å². The predicted octanol–water partition coefficient (Wildman–Crippen LogP) is 2.98. The van der Waals surface area contributed by atoms with Gasteiger partial charge in [0.2, 0.25) is 0 Å². The van der Waals surface area contributed by atoms with E-state index in [-0.39, 0.29) is 11.6 Å². The number of rotatable bonds is 7. The topological polar surface area (TPSA) is 75.6 Å². The van der Waals surface area contributed by atoms with Gasteiger partial charge < -0.3 is 14.6 Å². The minimum absolute atomic E-state index is 0.111. The summed E-state index contributed by atoms with van der Waals surface area (Å²) in [5, 5.41) is 12.2. The maximum atomic E-state index is 11.4. The van der Waals surface area contributed by atoms with Crippen LogP contribution in [0, 0.1) is 0 Å². The van der Waals surface area contributed by atoms with E-state index in [4.69, 9.17) is 9.84 Å². The maximum absolute atomic E-state index is 11.4. The highest BCUT2D eigenvalue weighted by atomic mass is 16.5. The van der Waals surface area contributed by atoms with Crippen molar-refractivity contribution in [1.82, 2.24) is 5.32 Å². The van der Waals surface area contributed by atoms with E-state index < -0.39 is 12.0 Å². The van der Waals surface area contributed by atoms with Gasteiger partial charge >= 0.3 is 5.97 Å². The standard InChI is InChI=1S/C18H19NO4/c1-12(15-5-3-4-6-17(15)23-2)19-16(11-20)13-7-9-14(10-8-13)18(21)22/h3-12,16,19H,1-2H3,(H,21,22)/t12-,16?/m1/s1. The number of hydrogen-bond donors (Lipinski definition) is 2. The first kappa shape index (κ1) is 16.7. The molecule has 0 saturated carbocycles. The number of carbonyl (C=O) groups excluding carboxylic acids is 1. The summed E-state index contributed by atoms with van der Waals surface area (Å²) in [6, 6.07) is 13.2. The molecule has 2 aromatic rings. The SMILES string of the molecule is COc1ccccc1[C@@H](C)NC(C=O)c1ccc(C(=O)O)cc1. The first-order valence-electron chi connectivity index (χ1n) is 7.24. The van der Waals surface area contributed by atoms with Crippen molar-refractivity contribution in [2.75, 3.05) is 7.11 Å². The summed E-state index contributed by atoms with van der Waals surface area (Å²) < 4.78 is 5.34. The summed E-state index contributed by atoms with van der Waals surface area (Å²) in [4.78, 5) is 22.3. The Kier molecular flexibility index (Phi) is 5.49. The fourth-order valence-electron chi connectivity index (χ4n) is 2.43. The molecular formula is C18H19NO4. The van der Waals surface area contributed by atoms with Crippen LogP contribution in [-0.2, 0) is 4.79 Å². The third-order valence-corrected chi connectivity index (χ3v) is 3.69. The Hall–Kier alpha value is -2.66. The first-order chi connectivity index (χ1) is 11.1. The van der Waals surface area contributed by atoms with E-state index in [0.717, 1.165) is 17.6 Å². The zero-order chi connectivity index (χ0) is 16.8. The fraction of sp³-hybridized carbons (Fsp3) is 0.222. The Morgan fingerprint density at radius 3 is 2.39 bits per heavy atom. The number of methoxy groups -OCH3 is 1. The summed E-state index contributed by atoms with van der Waals surface area (Å²) in [7, 11) is 1.60. The van der Waals surface area contributed by atoms with Crippen molar-refractivity contribution in [2.24, 2.45) is 0 Å². The predicted molar refractivity (Wildman–Crippen MR) is 86.8 cm³/mol. The van der Waals surface area contributed by atoms with Crippen LogP contribution in [0.15, 0.2) is 48.5 Å². The molecule has 0 saturated heterocycles. The molecule has 23 heavy (non-hydrogen) atoms. The molecule has 2 atom stereocenters. The van der Waals surface area contributed by atoms with Gasteiger partial charge in [-0.05, 0) is 30.7 Å². The summed E-state index contributed by atoms with van der Waals surface area (Å²) >= 11 is 0. The normalized spacial score (nSPS) is 13.1. The number of nitrogens with one attached hydrogen (secondary N) is 1. The van der Waals surface area contributed by atoms with Crippen molar-refractivity contribution in [2.45, 2.75) is 19.0 Å². The lowest BCUT2D eigenvalue weighted by atomic mass is 10.0. The number of aldehydes is 1. The second kappa shape index (κ2) is 7.56. The number of carboxylic acid groups (broad SMARTS) is 1. The number of aromatic carboxylic acids is 1. The summed E-state index contributed by atoms with van der Waals surface area (Å²) in [6.07, 6.45) is 0.807. The molecule has 0 amide bonds. The van der Waals surface area contributed by atoms with Crippen molar-refractivity contribution < 1.29 is 19.4 Å². The van der Waals surface area contributed by atoms with E-state index in [9.17, 15) is 9.59 Å². The Balaban J connectivity index is 2.18. The van der Waals surface area contributed by atoms with Crippen LogP contribution in [0.25, 0.3) is 0 Å². The average Bonchev–Trinajstić information content (AvgIpc) is 2.59. The van der Waals surface area contributed by atoms with Crippen LogP contribution >= 0.6 is 0 Å². The molecule has 2 rings (SSSR count). The highest BCUT2D eigenvalue weighted by molar-refractivity contribution is 5.87. The molecule has 0 bridgehead atoms. The lowest BCUT2D eigenvalue weighted by Crippen LogP contribution is -2.26. The van der Waals surface area contributed by atoms with Gasteiger partial charge in [-0.2, -0.15) is 0 Å². The maximum Gasteiger partial charge on any atom is 0.335 e. The summed E-state index contributed by atoms with van der Waals surface area (Å²) in [5.41, 5.74) is 1.85. The van der Waals surface area contributed by atoms with Gasteiger partial charge in [-0.25, -0.2) is 4.79 Å². The Bertz CT molecular complexity index is 682. The van der Waals surface area contributed by atoms with E-state index in [1.807, 2.05) is 31.2 Å². The Labute approximate surface area is 134 Å². The molecule has 0 aliphatic heterocycles. The molecule has 0 aliphatic carbocycles. The lowest BCUT2D eigenvalue weighted by Gasteiger charge is -2.21. The zero-order valence-corrected chi connectivity index (χ0v) is 13.0. The van der Waals surface area contributed by atoms with Crippen molar-refractivity contribution in [1.29, 1.82) is 0 Å². The van der Waals surface area contributed by atoms with Gasteiger partial charge in [0.05, 0.1) is 18.7 Å². The minimum Gasteiger partial charge on any atom is -0.496 e. The van der Waals surface area contributed by atoms with Gasteiger partial charge in [-0.1, -0.05) is 30.3 Å². The van der Waals surface area contributed by atoms with E-state index in [2.05, 4.69) is 5.32 Å². The quantitative estimate of drug-likeness (QED) is 0.769. The Morgan fingerprint density at radius 2 is 1.83 bits per heavy atom. The van der Waals surface area contributed by atoms with Crippen molar-refractivity contribution >= 4 is 12.3 Å². The van der Waals surface area contributed by atoms with Crippen molar-refractivity contribution in [3.8, 4) is 5.75 Å². The number of benzene rings is 2. The second-order valence-corrected chi connectivity index (χ2v) is 5.17. The highest BCUT2D eigenvalue weighted by Crippen LogP contribution is 2.26. The number of carbonyl (C=O) groups is 2. The number of hydrogen-bond acceptors (Lipinski definition) is 4. The van der Waals surface area contributed by atoms with Crippen molar-refractivity contribution in [3.63, 3.8) is 0 Å². The molecule has 5 heteroatoms. The van der Waals surface area contributed by atoms with E-state index in [0.29, 0.717) is 5.56 Å². The fourth-order valence-corrected chi connectivity index (χ4v) is 2.43. The van der Waals surface area contributed by atoms with E-state index in [1.54, 1.807) is 19.2 Å². The number of ether oxygens (including phenoxy) is 1. The molecule has 0 heterocycles. The summed E-state index contributed by atoms with van der Waals surface area (Å²) in [6.45, 7) is 1.94. The molecule has 0 radical (unpaired) electrons. The van der Waals surface area contributed by atoms with Gasteiger partial charge in [-0.3, -0.25) is 5.32 Å². The van der Waals surface area contributed by atoms with Crippen LogP contribution in [0.5, 0.6) is 5.75 Å². The van der Waals surface area contributed by atoms with Gasteiger partial charge in [0, 0.05) is 11.6 Å². The smallest absolute Gasteiger partial charge is 0.335 e. The lowest BCUT2D eigenvalue weighted by molar-refractivity contribution is -0.109. The van der Waals surface area contributed by atoms with Gasteiger partial charge in [0.15, 0.2) is 0 Å². The average molecular weight is 313 g/mol. The third kappa shape index (κ3) is 3.96. The van der Waals surface area contributed by atoms with E-state index in [1.165, 1.54) is 12.1 Å². The molecule has 0 spiro atoms. The van der Waals surface area contributed by atoms with Gasteiger partial charge in [0.1, 0.15) is 12.0 Å². The Morgan fingerprint density at radius 1 is 1.17 bits per heavy atom. The molecule has 0 fully saturated rings. The van der Waals surface area contributed by atoms with Crippen LogP contribution < -0.4 is 10.1 Å². The van der Waals surface area contributed by atoms with Gasteiger partial charge in [-0.15, -0.1) is 0 Å². The molecule has 1 unspecified atom stereocenters. The van der Waals surface area contributed by atoms with E-state index >= 15 is 0 Å². The zero-order valence-electron chi connectivity index (χ0n) is 13.0. The monoisotopic (exact) mass is 313 g/mol. The number of carboxylic acids is 1. The number of para-hydroxylation sites is 1. The summed E-state index contributed by atoms with van der Waals surface area (Å²) in [5.74, 6) is -0.243. The molecule has 2 N–H and O–H groups in total. The highest BCUT2D eigenvalue weighted by Gasteiger charge is 2.17. The van der Waals surface area contributed by atoms with Crippen LogP contribution in [0.3, 0.4) is 0 Å². The molecule has 2 aromatic carbocycles. The molecule has 5 nitrogen and oxygen atoms in total. The molecule has 0 aliphatic rings. The third-order valence-electron chi connectivity index (χ3n) is 3.69. The molecule has 0 aromatic heterocycles.